The summed E-state index contributed by atoms with van der Waals surface area (Å²) >= 11 is 5.82. The minimum absolute atomic E-state index is 0.128. The summed E-state index contributed by atoms with van der Waals surface area (Å²) in [7, 11) is 0. The van der Waals surface area contributed by atoms with Crippen molar-refractivity contribution >= 4 is 29.1 Å². The van der Waals surface area contributed by atoms with Crippen LogP contribution in [0, 0.1) is 11.3 Å². The van der Waals surface area contributed by atoms with Crippen molar-refractivity contribution in [2.45, 2.75) is 12.5 Å². The van der Waals surface area contributed by atoms with E-state index in [1.807, 2.05) is 24.3 Å². The lowest BCUT2D eigenvalue weighted by molar-refractivity contribution is -0.136. The fourth-order valence-corrected chi connectivity index (χ4v) is 2.31. The first-order chi connectivity index (χ1) is 12.0. The molecule has 7 heteroatoms. The van der Waals surface area contributed by atoms with Gasteiger partial charge in [-0.05, 0) is 30.2 Å². The van der Waals surface area contributed by atoms with Crippen LogP contribution in [0.1, 0.15) is 23.7 Å². The maximum absolute atomic E-state index is 11.9. The van der Waals surface area contributed by atoms with E-state index in [0.29, 0.717) is 5.02 Å². The van der Waals surface area contributed by atoms with Gasteiger partial charge in [0.05, 0.1) is 17.4 Å². The third kappa shape index (κ3) is 5.31. The first-order valence-corrected chi connectivity index (χ1v) is 7.91. The zero-order chi connectivity index (χ0) is 18.2. The maximum atomic E-state index is 11.9. The van der Waals surface area contributed by atoms with Crippen LogP contribution in [-0.2, 0) is 9.59 Å². The molecule has 0 bridgehead atoms. The van der Waals surface area contributed by atoms with Crippen LogP contribution >= 0.6 is 11.6 Å². The lowest BCUT2D eigenvalue weighted by atomic mass is 10.1. The molecule has 2 amide bonds. The Balaban J connectivity index is 1.86. The number of nitrogens with zero attached hydrogens (tertiary/aromatic N) is 1. The number of carbonyl (C=O) groups is 2. The zero-order valence-corrected chi connectivity index (χ0v) is 14.0. The highest BCUT2D eigenvalue weighted by atomic mass is 35.5. The number of aliphatic hydroxyl groups excluding tert-OH is 1. The van der Waals surface area contributed by atoms with Crippen LogP contribution in [-0.4, -0.2) is 23.5 Å². The lowest BCUT2D eigenvalue weighted by Gasteiger charge is -2.12. The second kappa shape index (κ2) is 8.83. The van der Waals surface area contributed by atoms with E-state index >= 15 is 0 Å². The highest BCUT2D eigenvalue weighted by Gasteiger charge is 2.16. The fourth-order valence-electron chi connectivity index (χ4n) is 2.14. The molecule has 0 aliphatic heterocycles. The molecule has 0 radical (unpaired) electrons. The molecule has 1 atom stereocenters. The van der Waals surface area contributed by atoms with E-state index in [1.54, 1.807) is 12.1 Å². The van der Waals surface area contributed by atoms with Crippen molar-refractivity contribution in [3.8, 4) is 6.07 Å². The number of anilines is 1. The summed E-state index contributed by atoms with van der Waals surface area (Å²) < 4.78 is 0. The largest absolute Gasteiger partial charge is 0.388 e. The Morgan fingerprint density at radius 2 is 1.88 bits per heavy atom. The van der Waals surface area contributed by atoms with Crippen LogP contribution in [0.25, 0.3) is 0 Å². The number of rotatable bonds is 5. The summed E-state index contributed by atoms with van der Waals surface area (Å²) in [4.78, 5) is 23.7. The highest BCUT2D eigenvalue weighted by Crippen LogP contribution is 2.20. The average Bonchev–Trinajstić information content (AvgIpc) is 2.62. The van der Waals surface area contributed by atoms with Crippen LogP contribution in [0.3, 0.4) is 0 Å². The normalized spacial score (nSPS) is 11.2. The lowest BCUT2D eigenvalue weighted by Crippen LogP contribution is -2.36. The van der Waals surface area contributed by atoms with Crippen LogP contribution in [0.4, 0.5) is 5.69 Å². The van der Waals surface area contributed by atoms with Crippen molar-refractivity contribution in [1.29, 1.82) is 5.26 Å². The number of amides is 2. The summed E-state index contributed by atoms with van der Waals surface area (Å²) in [5, 5.41) is 24.1. The molecule has 0 aromatic heterocycles. The predicted octanol–water partition coefficient (Wildman–Crippen LogP) is 2.39. The Hall–Kier alpha value is -2.88. The number of benzene rings is 2. The Labute approximate surface area is 150 Å². The number of hydrogen-bond donors (Lipinski definition) is 3. The first kappa shape index (κ1) is 18.5. The van der Waals surface area contributed by atoms with Gasteiger partial charge in [0.25, 0.3) is 0 Å². The van der Waals surface area contributed by atoms with E-state index in [-0.39, 0.29) is 24.2 Å². The smallest absolute Gasteiger partial charge is 0.313 e. The molecular formula is C18H16ClN3O3. The van der Waals surface area contributed by atoms with Gasteiger partial charge in [-0.2, -0.15) is 5.26 Å². The van der Waals surface area contributed by atoms with Crippen LogP contribution in [0.2, 0.25) is 5.02 Å². The highest BCUT2D eigenvalue weighted by molar-refractivity contribution is 6.40. The Kier molecular flexibility index (Phi) is 6.52. The number of halogens is 1. The predicted molar refractivity (Wildman–Crippen MR) is 93.8 cm³/mol. The molecule has 1 unspecified atom stereocenters. The van der Waals surface area contributed by atoms with Gasteiger partial charge in [0.1, 0.15) is 6.07 Å². The minimum atomic E-state index is -0.909. The molecule has 0 aliphatic carbocycles. The van der Waals surface area contributed by atoms with Crippen molar-refractivity contribution < 1.29 is 14.7 Å². The second-order valence-electron chi connectivity index (χ2n) is 5.23. The molecule has 6 nitrogen and oxygen atoms in total. The monoisotopic (exact) mass is 357 g/mol. The molecule has 0 fully saturated rings. The van der Waals surface area contributed by atoms with Crippen LogP contribution in [0.15, 0.2) is 48.5 Å². The fraction of sp³-hybridized carbons (Fsp3) is 0.167. The Morgan fingerprint density at radius 1 is 1.16 bits per heavy atom. The molecular weight excluding hydrogens is 342 g/mol. The maximum Gasteiger partial charge on any atom is 0.313 e. The van der Waals surface area contributed by atoms with E-state index in [4.69, 9.17) is 16.9 Å². The molecule has 2 aromatic carbocycles. The van der Waals surface area contributed by atoms with Gasteiger partial charge in [-0.3, -0.25) is 9.59 Å². The third-order valence-electron chi connectivity index (χ3n) is 3.44. The summed E-state index contributed by atoms with van der Waals surface area (Å²) in [6, 6.07) is 15.3. The van der Waals surface area contributed by atoms with Crippen LogP contribution in [0.5, 0.6) is 0 Å². The van der Waals surface area contributed by atoms with Crippen LogP contribution < -0.4 is 10.6 Å². The molecule has 128 valence electrons. The number of carbonyl (C=O) groups excluding carboxylic acids is 2. The van der Waals surface area contributed by atoms with Crippen molar-refractivity contribution in [2.75, 3.05) is 11.9 Å². The van der Waals surface area contributed by atoms with Gasteiger partial charge in [0, 0.05) is 11.6 Å². The minimum Gasteiger partial charge on any atom is -0.388 e. The molecule has 3 N–H and O–H groups in total. The Morgan fingerprint density at radius 3 is 2.56 bits per heavy atom. The molecule has 0 heterocycles. The quantitative estimate of drug-likeness (QED) is 0.715. The number of aliphatic hydroxyl groups is 1. The van der Waals surface area contributed by atoms with E-state index in [1.165, 1.54) is 18.2 Å². The summed E-state index contributed by atoms with van der Waals surface area (Å²) in [5.74, 6) is -1.77. The first-order valence-electron chi connectivity index (χ1n) is 7.53. The average molecular weight is 358 g/mol. The summed E-state index contributed by atoms with van der Waals surface area (Å²) in [6.07, 6.45) is -0.466. The topological polar surface area (TPSA) is 102 Å². The van der Waals surface area contributed by atoms with E-state index in [9.17, 15) is 14.7 Å². The zero-order valence-electron chi connectivity index (χ0n) is 13.2. The van der Waals surface area contributed by atoms with Gasteiger partial charge >= 0.3 is 11.8 Å². The van der Waals surface area contributed by atoms with E-state index in [0.717, 1.165) is 5.56 Å². The van der Waals surface area contributed by atoms with Gasteiger partial charge in [0.15, 0.2) is 0 Å². The molecule has 0 saturated carbocycles. The molecule has 0 aliphatic rings. The second-order valence-corrected chi connectivity index (χ2v) is 5.66. The number of nitriles is 1. The third-order valence-corrected chi connectivity index (χ3v) is 3.68. The van der Waals surface area contributed by atoms with Gasteiger partial charge < -0.3 is 15.7 Å². The van der Waals surface area contributed by atoms with E-state index in [2.05, 4.69) is 10.6 Å². The number of hydrogen-bond acceptors (Lipinski definition) is 4. The summed E-state index contributed by atoms with van der Waals surface area (Å²) in [5.41, 5.74) is 1.10. The molecule has 0 spiro atoms. The van der Waals surface area contributed by atoms with Crippen molar-refractivity contribution in [3.63, 3.8) is 0 Å². The van der Waals surface area contributed by atoms with Crippen molar-refractivity contribution in [2.24, 2.45) is 0 Å². The Bertz CT molecular complexity index is 803. The molecule has 0 saturated heterocycles. The summed E-state index contributed by atoms with van der Waals surface area (Å²) in [6.45, 7) is 0.128. The molecule has 25 heavy (non-hydrogen) atoms. The van der Waals surface area contributed by atoms with Gasteiger partial charge in [-0.1, -0.05) is 41.9 Å². The standard InChI is InChI=1S/C18H16ClN3O3/c19-14-7-6-13(11-20)15(10-14)22-18(25)17(24)21-9-8-16(23)12-4-2-1-3-5-12/h1-7,10,16,23H,8-9H2,(H,21,24)(H,22,25). The molecule has 2 aromatic rings. The van der Waals surface area contributed by atoms with Gasteiger partial charge in [-0.25, -0.2) is 0 Å². The van der Waals surface area contributed by atoms with E-state index < -0.39 is 17.9 Å². The van der Waals surface area contributed by atoms with Gasteiger partial charge in [-0.15, -0.1) is 0 Å². The van der Waals surface area contributed by atoms with Gasteiger partial charge in [0.2, 0.25) is 0 Å². The SMILES string of the molecule is N#Cc1ccc(Cl)cc1NC(=O)C(=O)NCCC(O)c1ccccc1. The number of nitrogens with one attached hydrogen (secondary N) is 2. The van der Waals surface area contributed by atoms with Crippen molar-refractivity contribution in [3.05, 3.63) is 64.7 Å². The van der Waals surface area contributed by atoms with Crippen molar-refractivity contribution in [1.82, 2.24) is 5.32 Å². The molecule has 2 rings (SSSR count).